The highest BCUT2D eigenvalue weighted by Crippen LogP contribution is 2.35. The van der Waals surface area contributed by atoms with Crippen LogP contribution in [0.1, 0.15) is 29.2 Å². The number of carbonyl (C=O) groups excluding carboxylic acids is 3. The summed E-state index contributed by atoms with van der Waals surface area (Å²) in [5.74, 6) is 1.85. The van der Waals surface area contributed by atoms with Gasteiger partial charge in [0.1, 0.15) is 12.2 Å². The number of allylic oxidation sites excluding steroid dienone is 1. The summed E-state index contributed by atoms with van der Waals surface area (Å²) in [7, 11) is 0. The average molecular weight is 459 g/mol. The molecule has 1 fully saturated rings. The van der Waals surface area contributed by atoms with Gasteiger partial charge in [-0.05, 0) is 74.2 Å². The molecule has 1 N–H and O–H groups in total. The van der Waals surface area contributed by atoms with Crippen LogP contribution in [0.25, 0.3) is 6.08 Å². The number of terminal acetylenes is 1. The van der Waals surface area contributed by atoms with Crippen LogP contribution in [0, 0.1) is 26.2 Å². The zero-order valence-corrected chi connectivity index (χ0v) is 19.4. The quantitative estimate of drug-likeness (QED) is 0.279. The molecule has 0 saturated carbocycles. The highest BCUT2D eigenvalue weighted by molar-refractivity contribution is 6.39. The number of barbiturate groups is 1. The highest BCUT2D eigenvalue weighted by Gasteiger charge is 2.37. The Morgan fingerprint density at radius 2 is 1.88 bits per heavy atom. The molecule has 0 bridgehead atoms. The van der Waals surface area contributed by atoms with Crippen LogP contribution < -0.4 is 19.7 Å². The summed E-state index contributed by atoms with van der Waals surface area (Å²) in [6.45, 7) is 9.84. The van der Waals surface area contributed by atoms with Gasteiger partial charge in [0.2, 0.25) is 0 Å². The molecule has 0 spiro atoms. The number of hydrogen-bond donors (Lipinski definition) is 1. The number of carbonyl (C=O) groups is 3. The number of hydrogen-bond acceptors (Lipinski definition) is 5. The molecule has 2 aromatic carbocycles. The summed E-state index contributed by atoms with van der Waals surface area (Å²) in [4.78, 5) is 39.3. The van der Waals surface area contributed by atoms with Crippen LogP contribution >= 0.6 is 0 Å². The number of aryl methyl sites for hydroxylation is 2. The Morgan fingerprint density at radius 1 is 1.12 bits per heavy atom. The first kappa shape index (κ1) is 24.3. The molecule has 1 saturated heterocycles. The molecule has 0 radical (unpaired) electrons. The molecule has 1 aliphatic rings. The molecule has 4 amide bonds. The van der Waals surface area contributed by atoms with Crippen molar-refractivity contribution in [3.05, 3.63) is 70.8 Å². The van der Waals surface area contributed by atoms with Crippen LogP contribution in [0.15, 0.2) is 48.6 Å². The van der Waals surface area contributed by atoms with E-state index in [2.05, 4.69) is 17.8 Å². The summed E-state index contributed by atoms with van der Waals surface area (Å²) >= 11 is 0. The predicted molar refractivity (Wildman–Crippen MR) is 131 cm³/mol. The van der Waals surface area contributed by atoms with Gasteiger partial charge in [0, 0.05) is 5.56 Å². The van der Waals surface area contributed by atoms with Crippen molar-refractivity contribution in [2.75, 3.05) is 18.1 Å². The van der Waals surface area contributed by atoms with Crippen molar-refractivity contribution in [2.45, 2.75) is 27.2 Å². The molecule has 0 unspecified atom stereocenters. The number of amides is 4. The lowest BCUT2D eigenvalue weighted by molar-refractivity contribution is -0.122. The van der Waals surface area contributed by atoms with Crippen molar-refractivity contribution in [1.82, 2.24) is 5.32 Å². The van der Waals surface area contributed by atoms with Crippen molar-refractivity contribution >= 4 is 29.6 Å². The van der Waals surface area contributed by atoms with Crippen LogP contribution in [-0.2, 0) is 16.0 Å². The van der Waals surface area contributed by atoms with E-state index < -0.39 is 17.8 Å². The second-order valence-corrected chi connectivity index (χ2v) is 7.65. The summed E-state index contributed by atoms with van der Waals surface area (Å²) in [5, 5.41) is 2.25. The molecule has 0 atom stereocenters. The van der Waals surface area contributed by atoms with Crippen LogP contribution in [0.5, 0.6) is 11.5 Å². The van der Waals surface area contributed by atoms with Gasteiger partial charge in [0.05, 0.1) is 12.3 Å². The fourth-order valence-electron chi connectivity index (χ4n) is 3.54. The third-order valence-corrected chi connectivity index (χ3v) is 5.28. The lowest BCUT2D eigenvalue weighted by atomic mass is 10.0. The van der Waals surface area contributed by atoms with E-state index in [4.69, 9.17) is 15.9 Å². The number of anilines is 1. The molecule has 174 valence electrons. The van der Waals surface area contributed by atoms with Crippen LogP contribution in [0.4, 0.5) is 10.5 Å². The maximum atomic E-state index is 13.3. The number of nitrogens with one attached hydrogen (secondary N) is 1. The van der Waals surface area contributed by atoms with Gasteiger partial charge in [-0.1, -0.05) is 18.1 Å². The monoisotopic (exact) mass is 458 g/mol. The average Bonchev–Trinajstić information content (AvgIpc) is 2.79. The van der Waals surface area contributed by atoms with Crippen LogP contribution in [0.3, 0.4) is 0 Å². The van der Waals surface area contributed by atoms with Gasteiger partial charge in [-0.2, -0.15) is 0 Å². The lowest BCUT2D eigenvalue weighted by Crippen LogP contribution is -2.54. The van der Waals surface area contributed by atoms with Crippen LogP contribution in [-0.4, -0.2) is 31.1 Å². The van der Waals surface area contributed by atoms with E-state index >= 15 is 0 Å². The second kappa shape index (κ2) is 10.5. The normalized spacial score (nSPS) is 14.6. The van der Waals surface area contributed by atoms with Crippen molar-refractivity contribution in [3.8, 4) is 23.8 Å². The minimum Gasteiger partial charge on any atom is -0.490 e. The lowest BCUT2D eigenvalue weighted by Gasteiger charge is -2.27. The Balaban J connectivity index is 2.08. The van der Waals surface area contributed by atoms with E-state index in [9.17, 15) is 14.4 Å². The summed E-state index contributed by atoms with van der Waals surface area (Å²) in [6.07, 6.45) is 8.91. The smallest absolute Gasteiger partial charge is 0.335 e. The fraction of sp³-hybridized carbons (Fsp3) is 0.222. The first-order valence-electron chi connectivity index (χ1n) is 10.8. The van der Waals surface area contributed by atoms with Gasteiger partial charge in [-0.25, -0.2) is 9.69 Å². The van der Waals surface area contributed by atoms with E-state index in [-0.39, 0.29) is 12.2 Å². The molecular weight excluding hydrogens is 432 g/mol. The number of ether oxygens (including phenoxy) is 2. The molecule has 0 aromatic heterocycles. The van der Waals surface area contributed by atoms with Gasteiger partial charge in [0.15, 0.2) is 11.5 Å². The van der Waals surface area contributed by atoms with Gasteiger partial charge in [0.25, 0.3) is 11.8 Å². The topological polar surface area (TPSA) is 84.9 Å². The number of nitrogens with zero attached hydrogens (tertiary/aromatic N) is 1. The second-order valence-electron chi connectivity index (χ2n) is 7.65. The summed E-state index contributed by atoms with van der Waals surface area (Å²) in [6, 6.07) is 7.84. The zero-order chi connectivity index (χ0) is 24.8. The summed E-state index contributed by atoms with van der Waals surface area (Å²) < 4.78 is 11.4. The molecular formula is C27H26N2O5. The highest BCUT2D eigenvalue weighted by atomic mass is 16.5. The standard InChI is InChI=1S/C27H26N2O5/c1-6-9-20-14-19(16-23(33-8-3)24(20)34-12-7-2)15-22-25(30)28-27(32)29(26(22)31)21-11-10-17(4)18(5)13-21/h2,6,10-11,13-16H,1,8-9,12H2,3-5H3,(H,28,30,32)/b22-15+. The van der Waals surface area contributed by atoms with Gasteiger partial charge < -0.3 is 9.47 Å². The minimum atomic E-state index is -0.796. The first-order chi connectivity index (χ1) is 16.3. The minimum absolute atomic E-state index is 0.0541. The zero-order valence-electron chi connectivity index (χ0n) is 19.4. The van der Waals surface area contributed by atoms with Gasteiger partial charge in [-0.15, -0.1) is 13.0 Å². The molecule has 2 aromatic rings. The predicted octanol–water partition coefficient (Wildman–Crippen LogP) is 4.11. The Morgan fingerprint density at radius 3 is 2.53 bits per heavy atom. The Kier molecular flexibility index (Phi) is 7.54. The number of imide groups is 2. The van der Waals surface area contributed by atoms with Crippen molar-refractivity contribution in [3.63, 3.8) is 0 Å². The Hall–Kier alpha value is -4.31. The van der Waals surface area contributed by atoms with Crippen LogP contribution in [0.2, 0.25) is 0 Å². The largest absolute Gasteiger partial charge is 0.490 e. The van der Waals surface area contributed by atoms with E-state index in [1.807, 2.05) is 26.8 Å². The molecule has 7 nitrogen and oxygen atoms in total. The third kappa shape index (κ3) is 5.02. The molecule has 1 aliphatic heterocycles. The molecule has 3 rings (SSSR count). The number of benzene rings is 2. The maximum Gasteiger partial charge on any atom is 0.335 e. The van der Waals surface area contributed by atoms with Gasteiger partial charge >= 0.3 is 6.03 Å². The van der Waals surface area contributed by atoms with Crippen molar-refractivity contribution in [1.29, 1.82) is 0 Å². The van der Waals surface area contributed by atoms with E-state index in [1.165, 1.54) is 6.08 Å². The number of rotatable bonds is 8. The van der Waals surface area contributed by atoms with E-state index in [0.29, 0.717) is 35.8 Å². The number of urea groups is 1. The SMILES string of the molecule is C#CCOc1c(CC=C)cc(/C=C2\C(=O)NC(=O)N(c3ccc(C)c(C)c3)C2=O)cc1OCC. The van der Waals surface area contributed by atoms with E-state index in [0.717, 1.165) is 21.6 Å². The molecule has 1 heterocycles. The first-order valence-corrected chi connectivity index (χ1v) is 10.8. The van der Waals surface area contributed by atoms with Crippen molar-refractivity contribution in [2.24, 2.45) is 0 Å². The Labute approximate surface area is 199 Å². The molecule has 0 aliphatic carbocycles. The fourth-order valence-corrected chi connectivity index (χ4v) is 3.54. The van der Waals surface area contributed by atoms with Gasteiger partial charge in [-0.3, -0.25) is 14.9 Å². The maximum absolute atomic E-state index is 13.3. The summed E-state index contributed by atoms with van der Waals surface area (Å²) in [5.41, 5.74) is 3.39. The Bertz CT molecular complexity index is 1240. The third-order valence-electron chi connectivity index (χ3n) is 5.28. The van der Waals surface area contributed by atoms with Crippen molar-refractivity contribution < 1.29 is 23.9 Å². The molecule has 34 heavy (non-hydrogen) atoms. The van der Waals surface area contributed by atoms with E-state index in [1.54, 1.807) is 30.3 Å². The molecule has 7 heteroatoms.